The molecule has 2 aromatic heterocycles. The van der Waals surface area contributed by atoms with Gasteiger partial charge in [-0.15, -0.1) is 0 Å². The van der Waals surface area contributed by atoms with Gasteiger partial charge in [-0.3, -0.25) is 4.98 Å². The standard InChI is InChI=1S/C10H8BrClN4/c1-13-9-6(11)5-15-10(16-9)8-7(12)3-2-4-14-8/h2-5H,1H3,(H,13,15,16). The van der Waals surface area contributed by atoms with E-state index in [4.69, 9.17) is 11.6 Å². The lowest BCUT2D eigenvalue weighted by Crippen LogP contribution is -1.98. The first-order valence-electron chi connectivity index (χ1n) is 4.53. The van der Waals surface area contributed by atoms with E-state index < -0.39 is 0 Å². The van der Waals surface area contributed by atoms with Gasteiger partial charge in [-0.05, 0) is 28.1 Å². The summed E-state index contributed by atoms with van der Waals surface area (Å²) in [5.41, 5.74) is 0.577. The van der Waals surface area contributed by atoms with Crippen molar-refractivity contribution in [1.29, 1.82) is 0 Å². The van der Waals surface area contributed by atoms with Gasteiger partial charge in [0.2, 0.25) is 0 Å². The van der Waals surface area contributed by atoms with E-state index in [9.17, 15) is 0 Å². The Hall–Kier alpha value is -1.20. The van der Waals surface area contributed by atoms with Gasteiger partial charge in [0, 0.05) is 19.4 Å². The normalized spacial score (nSPS) is 10.2. The molecule has 0 unspecified atom stereocenters. The molecule has 4 nitrogen and oxygen atoms in total. The molecular formula is C10H8BrClN4. The molecule has 2 rings (SSSR count). The Balaban J connectivity index is 2.53. The second kappa shape index (κ2) is 4.76. The number of halogens is 2. The Labute approximate surface area is 106 Å². The summed E-state index contributed by atoms with van der Waals surface area (Å²) < 4.78 is 0.797. The van der Waals surface area contributed by atoms with E-state index in [0.717, 1.165) is 4.47 Å². The topological polar surface area (TPSA) is 50.7 Å². The highest BCUT2D eigenvalue weighted by Crippen LogP contribution is 2.25. The van der Waals surface area contributed by atoms with E-state index >= 15 is 0 Å². The molecule has 16 heavy (non-hydrogen) atoms. The van der Waals surface area contributed by atoms with Crippen molar-refractivity contribution in [3.63, 3.8) is 0 Å². The fraction of sp³-hybridized carbons (Fsp3) is 0.100. The van der Waals surface area contributed by atoms with Crippen molar-refractivity contribution in [3.05, 3.63) is 34.0 Å². The summed E-state index contributed by atoms with van der Waals surface area (Å²) in [7, 11) is 1.79. The first-order chi connectivity index (χ1) is 7.72. The lowest BCUT2D eigenvalue weighted by molar-refractivity contribution is 1.12. The Bertz CT molecular complexity index is 518. The molecule has 0 amide bonds. The predicted octanol–water partition coefficient (Wildman–Crippen LogP) is 3.00. The maximum absolute atomic E-state index is 6.02. The van der Waals surface area contributed by atoms with Crippen LogP contribution in [-0.2, 0) is 0 Å². The smallest absolute Gasteiger partial charge is 0.181 e. The van der Waals surface area contributed by atoms with Crippen LogP contribution in [0.25, 0.3) is 11.5 Å². The van der Waals surface area contributed by atoms with Gasteiger partial charge in [-0.1, -0.05) is 11.6 Å². The number of hydrogen-bond donors (Lipinski definition) is 1. The lowest BCUT2D eigenvalue weighted by Gasteiger charge is -2.05. The van der Waals surface area contributed by atoms with Crippen molar-refractivity contribution in [2.24, 2.45) is 0 Å². The summed E-state index contributed by atoms with van der Waals surface area (Å²) in [4.78, 5) is 12.6. The molecule has 2 aromatic rings. The molecule has 0 aromatic carbocycles. The average molecular weight is 300 g/mol. The molecule has 1 N–H and O–H groups in total. The number of aromatic nitrogens is 3. The van der Waals surface area contributed by atoms with Gasteiger partial charge in [0.05, 0.1) is 9.50 Å². The number of hydrogen-bond acceptors (Lipinski definition) is 4. The van der Waals surface area contributed by atoms with E-state index in [0.29, 0.717) is 22.4 Å². The van der Waals surface area contributed by atoms with Gasteiger partial charge in [-0.25, -0.2) is 9.97 Å². The highest BCUT2D eigenvalue weighted by atomic mass is 79.9. The Morgan fingerprint density at radius 2 is 2.19 bits per heavy atom. The van der Waals surface area contributed by atoms with Crippen molar-refractivity contribution in [3.8, 4) is 11.5 Å². The summed E-state index contributed by atoms with van der Waals surface area (Å²) in [5.74, 6) is 1.20. The monoisotopic (exact) mass is 298 g/mol. The van der Waals surface area contributed by atoms with Crippen LogP contribution in [0.2, 0.25) is 5.02 Å². The zero-order valence-corrected chi connectivity index (χ0v) is 10.7. The molecule has 0 spiro atoms. The summed E-state index contributed by atoms with van der Waals surface area (Å²) in [6, 6.07) is 3.53. The van der Waals surface area contributed by atoms with Gasteiger partial charge < -0.3 is 5.32 Å². The van der Waals surface area contributed by atoms with Crippen LogP contribution in [0.1, 0.15) is 0 Å². The third-order valence-corrected chi connectivity index (χ3v) is 2.84. The average Bonchev–Trinajstić information content (AvgIpc) is 2.31. The summed E-state index contributed by atoms with van der Waals surface area (Å²) >= 11 is 9.36. The Morgan fingerprint density at radius 1 is 1.38 bits per heavy atom. The minimum atomic E-state index is 0.498. The van der Waals surface area contributed by atoms with Crippen LogP contribution < -0.4 is 5.32 Å². The fourth-order valence-corrected chi connectivity index (χ4v) is 1.80. The minimum absolute atomic E-state index is 0.498. The molecule has 0 atom stereocenters. The fourth-order valence-electron chi connectivity index (χ4n) is 1.21. The van der Waals surface area contributed by atoms with Gasteiger partial charge in [0.15, 0.2) is 5.82 Å². The van der Waals surface area contributed by atoms with E-state index in [-0.39, 0.29) is 0 Å². The molecule has 0 bridgehead atoms. The third-order valence-electron chi connectivity index (χ3n) is 1.95. The van der Waals surface area contributed by atoms with Crippen molar-refractivity contribution in [2.75, 3.05) is 12.4 Å². The van der Waals surface area contributed by atoms with Crippen LogP contribution in [-0.4, -0.2) is 22.0 Å². The van der Waals surface area contributed by atoms with Crippen LogP contribution >= 0.6 is 27.5 Å². The number of anilines is 1. The molecule has 0 saturated carbocycles. The highest BCUT2D eigenvalue weighted by molar-refractivity contribution is 9.10. The maximum atomic E-state index is 6.02. The number of rotatable bonds is 2. The van der Waals surface area contributed by atoms with Crippen LogP contribution in [0.4, 0.5) is 5.82 Å². The number of pyridine rings is 1. The number of nitrogens with zero attached hydrogens (tertiary/aromatic N) is 3. The minimum Gasteiger partial charge on any atom is -0.372 e. The predicted molar refractivity (Wildman–Crippen MR) is 67.5 cm³/mol. The van der Waals surface area contributed by atoms with Crippen LogP contribution in [0, 0.1) is 0 Å². The van der Waals surface area contributed by atoms with Crippen molar-refractivity contribution < 1.29 is 0 Å². The van der Waals surface area contributed by atoms with Crippen LogP contribution in [0.5, 0.6) is 0 Å². The van der Waals surface area contributed by atoms with Crippen molar-refractivity contribution in [1.82, 2.24) is 15.0 Å². The first kappa shape index (κ1) is 11.3. The molecule has 82 valence electrons. The zero-order valence-electron chi connectivity index (χ0n) is 8.41. The first-order valence-corrected chi connectivity index (χ1v) is 5.70. The molecule has 0 saturated heterocycles. The molecular weight excluding hydrogens is 291 g/mol. The lowest BCUT2D eigenvalue weighted by atomic mass is 10.3. The van der Waals surface area contributed by atoms with Crippen LogP contribution in [0.3, 0.4) is 0 Å². The summed E-state index contributed by atoms with van der Waals surface area (Å²) in [6.45, 7) is 0. The third kappa shape index (κ3) is 2.15. The number of nitrogens with one attached hydrogen (secondary N) is 1. The zero-order chi connectivity index (χ0) is 11.5. The van der Waals surface area contributed by atoms with Crippen LogP contribution in [0.15, 0.2) is 29.0 Å². The van der Waals surface area contributed by atoms with E-state index in [1.165, 1.54) is 0 Å². The molecule has 0 fully saturated rings. The molecule has 0 aliphatic carbocycles. The summed E-state index contributed by atoms with van der Waals surface area (Å²) in [6.07, 6.45) is 3.32. The quantitative estimate of drug-likeness (QED) is 0.926. The van der Waals surface area contributed by atoms with E-state index in [1.807, 2.05) is 0 Å². The largest absolute Gasteiger partial charge is 0.372 e. The summed E-state index contributed by atoms with van der Waals surface area (Å²) in [5, 5.41) is 3.49. The van der Waals surface area contributed by atoms with Gasteiger partial charge >= 0.3 is 0 Å². The maximum Gasteiger partial charge on any atom is 0.181 e. The van der Waals surface area contributed by atoms with Crippen molar-refractivity contribution in [2.45, 2.75) is 0 Å². The van der Waals surface area contributed by atoms with Crippen molar-refractivity contribution >= 4 is 33.3 Å². The second-order valence-corrected chi connectivity index (χ2v) is 4.24. The molecule has 0 radical (unpaired) electrons. The Kier molecular flexibility index (Phi) is 3.36. The molecule has 0 aliphatic heterocycles. The van der Waals surface area contributed by atoms with Gasteiger partial charge in [0.25, 0.3) is 0 Å². The molecule has 0 aliphatic rings. The Morgan fingerprint density at radius 3 is 2.88 bits per heavy atom. The van der Waals surface area contributed by atoms with E-state index in [1.54, 1.807) is 31.6 Å². The van der Waals surface area contributed by atoms with E-state index in [2.05, 4.69) is 36.2 Å². The second-order valence-electron chi connectivity index (χ2n) is 2.97. The highest BCUT2D eigenvalue weighted by Gasteiger charge is 2.09. The molecule has 6 heteroatoms. The SMILES string of the molecule is CNc1nc(-c2ncccc2Cl)ncc1Br. The van der Waals surface area contributed by atoms with Gasteiger partial charge in [-0.2, -0.15) is 0 Å². The molecule has 2 heterocycles. The van der Waals surface area contributed by atoms with Gasteiger partial charge in [0.1, 0.15) is 11.5 Å².